The van der Waals surface area contributed by atoms with E-state index in [0.29, 0.717) is 23.8 Å². The second-order valence-electron chi connectivity index (χ2n) is 7.53. The third-order valence-electron chi connectivity index (χ3n) is 5.00. The lowest BCUT2D eigenvalue weighted by molar-refractivity contribution is -0.121. The van der Waals surface area contributed by atoms with Crippen molar-refractivity contribution < 1.29 is 4.79 Å². The molecule has 4 rings (SSSR count). The first-order valence-electron chi connectivity index (χ1n) is 9.96. The zero-order valence-electron chi connectivity index (χ0n) is 17.3. The molecule has 0 atom stereocenters. The number of nitrogens with one attached hydrogen (secondary N) is 1. The van der Waals surface area contributed by atoms with Gasteiger partial charge in [-0.3, -0.25) is 18.6 Å². The summed E-state index contributed by atoms with van der Waals surface area (Å²) in [5.41, 5.74) is 3.90. The predicted molar refractivity (Wildman–Crippen MR) is 120 cm³/mol. The monoisotopic (exact) mass is 435 g/mol. The minimum atomic E-state index is -0.251. The summed E-state index contributed by atoms with van der Waals surface area (Å²) >= 11 is 5.87. The van der Waals surface area contributed by atoms with E-state index < -0.39 is 0 Å². The van der Waals surface area contributed by atoms with Crippen LogP contribution in [0.15, 0.2) is 59.7 Å². The number of aromatic nitrogens is 4. The summed E-state index contributed by atoms with van der Waals surface area (Å²) in [5, 5.41) is 11.7. The minimum Gasteiger partial charge on any atom is -0.352 e. The highest BCUT2D eigenvalue weighted by Crippen LogP contribution is 2.13. The average molecular weight is 436 g/mol. The van der Waals surface area contributed by atoms with Crippen LogP contribution in [0.25, 0.3) is 11.3 Å². The number of carbonyl (C=O) groups excluding carboxylic acids is 1. The van der Waals surface area contributed by atoms with Crippen molar-refractivity contribution in [2.24, 2.45) is 0 Å². The van der Waals surface area contributed by atoms with E-state index in [1.807, 2.05) is 38.1 Å². The molecule has 0 radical (unpaired) electrons. The van der Waals surface area contributed by atoms with E-state index in [-0.39, 0.29) is 23.5 Å². The molecule has 2 aromatic heterocycles. The molecule has 0 fully saturated rings. The fourth-order valence-electron chi connectivity index (χ4n) is 3.52. The van der Waals surface area contributed by atoms with E-state index in [9.17, 15) is 9.59 Å². The normalized spacial score (nSPS) is 11.1. The van der Waals surface area contributed by atoms with Gasteiger partial charge in [0, 0.05) is 42.5 Å². The van der Waals surface area contributed by atoms with Crippen LogP contribution in [0.4, 0.5) is 0 Å². The minimum absolute atomic E-state index is 0.102. The molecule has 1 amide bonds. The molecule has 0 unspecified atom stereocenters. The first-order valence-corrected chi connectivity index (χ1v) is 10.3. The van der Waals surface area contributed by atoms with Crippen molar-refractivity contribution in [1.29, 1.82) is 0 Å². The van der Waals surface area contributed by atoms with Gasteiger partial charge in [0.2, 0.25) is 11.6 Å². The highest BCUT2D eigenvalue weighted by molar-refractivity contribution is 6.30. The van der Waals surface area contributed by atoms with Gasteiger partial charge in [-0.25, -0.2) is 0 Å². The van der Waals surface area contributed by atoms with Gasteiger partial charge in [-0.2, -0.15) is 0 Å². The van der Waals surface area contributed by atoms with Crippen LogP contribution in [0, 0.1) is 13.8 Å². The Morgan fingerprint density at radius 2 is 1.74 bits per heavy atom. The van der Waals surface area contributed by atoms with E-state index in [1.165, 1.54) is 0 Å². The van der Waals surface area contributed by atoms with Gasteiger partial charge in [-0.1, -0.05) is 29.8 Å². The molecule has 1 N–H and O–H groups in total. The van der Waals surface area contributed by atoms with Crippen molar-refractivity contribution in [3.8, 4) is 5.69 Å². The third kappa shape index (κ3) is 4.67. The van der Waals surface area contributed by atoms with Crippen molar-refractivity contribution in [2.45, 2.75) is 33.2 Å². The number of carbonyl (C=O) groups is 1. The Kier molecular flexibility index (Phi) is 5.86. The number of hydrogen-bond acceptors (Lipinski definition) is 4. The Morgan fingerprint density at radius 3 is 2.45 bits per heavy atom. The fourth-order valence-corrected chi connectivity index (χ4v) is 3.64. The van der Waals surface area contributed by atoms with Crippen LogP contribution >= 0.6 is 11.6 Å². The molecule has 158 valence electrons. The molecule has 0 bridgehead atoms. The van der Waals surface area contributed by atoms with Crippen molar-refractivity contribution in [2.75, 3.05) is 0 Å². The Labute approximate surface area is 184 Å². The molecule has 0 aliphatic heterocycles. The Hall–Kier alpha value is -3.45. The Balaban J connectivity index is 1.46. The lowest BCUT2D eigenvalue weighted by atomic mass is 10.1. The maximum absolute atomic E-state index is 12.9. The second kappa shape index (κ2) is 8.73. The molecule has 8 heteroatoms. The molecule has 31 heavy (non-hydrogen) atoms. The zero-order chi connectivity index (χ0) is 22.0. The van der Waals surface area contributed by atoms with E-state index in [0.717, 1.165) is 22.4 Å². The van der Waals surface area contributed by atoms with Crippen molar-refractivity contribution in [1.82, 2.24) is 24.5 Å². The highest BCUT2D eigenvalue weighted by atomic mass is 35.5. The van der Waals surface area contributed by atoms with Gasteiger partial charge in [-0.15, -0.1) is 10.2 Å². The first-order chi connectivity index (χ1) is 14.9. The summed E-state index contributed by atoms with van der Waals surface area (Å²) in [4.78, 5) is 25.2. The van der Waals surface area contributed by atoms with Crippen molar-refractivity contribution in [3.63, 3.8) is 0 Å². The molecular weight excluding hydrogens is 414 g/mol. The van der Waals surface area contributed by atoms with Crippen LogP contribution in [0.1, 0.15) is 28.9 Å². The van der Waals surface area contributed by atoms with Gasteiger partial charge < -0.3 is 5.32 Å². The number of aryl methyl sites for hydroxylation is 3. The van der Waals surface area contributed by atoms with Crippen molar-refractivity contribution >= 4 is 23.2 Å². The molecule has 0 aliphatic rings. The quantitative estimate of drug-likeness (QED) is 0.503. The molecule has 2 aromatic carbocycles. The van der Waals surface area contributed by atoms with E-state index in [2.05, 4.69) is 21.6 Å². The van der Waals surface area contributed by atoms with Crippen molar-refractivity contribution in [3.05, 3.63) is 92.7 Å². The summed E-state index contributed by atoms with van der Waals surface area (Å²) in [6.07, 6.45) is 4.08. The van der Waals surface area contributed by atoms with E-state index in [1.54, 1.807) is 33.5 Å². The van der Waals surface area contributed by atoms with E-state index in [4.69, 9.17) is 11.6 Å². The predicted octanol–water partition coefficient (Wildman–Crippen LogP) is 3.40. The van der Waals surface area contributed by atoms with Crippen LogP contribution in [0.5, 0.6) is 0 Å². The molecule has 0 spiro atoms. The molecule has 0 aliphatic carbocycles. The first kappa shape index (κ1) is 20.8. The molecule has 0 saturated heterocycles. The summed E-state index contributed by atoms with van der Waals surface area (Å²) in [7, 11) is 0. The molecule has 2 heterocycles. The Bertz CT molecular complexity index is 1290. The van der Waals surface area contributed by atoms with Crippen LogP contribution in [-0.2, 0) is 17.8 Å². The summed E-state index contributed by atoms with van der Waals surface area (Å²) in [6, 6.07) is 13.3. The summed E-state index contributed by atoms with van der Waals surface area (Å²) < 4.78 is 3.21. The van der Waals surface area contributed by atoms with Gasteiger partial charge in [0.25, 0.3) is 0 Å². The highest BCUT2D eigenvalue weighted by Gasteiger charge is 2.13. The molecule has 7 nitrogen and oxygen atoms in total. The van der Waals surface area contributed by atoms with Gasteiger partial charge in [0.15, 0.2) is 0 Å². The molecular formula is C23H22ClN5O2. The van der Waals surface area contributed by atoms with Gasteiger partial charge in [0.05, 0.1) is 0 Å². The number of halogens is 1. The largest absolute Gasteiger partial charge is 0.352 e. The number of hydrogen-bond donors (Lipinski definition) is 1. The molecule has 0 saturated carbocycles. The van der Waals surface area contributed by atoms with Crippen LogP contribution in [0.2, 0.25) is 5.02 Å². The van der Waals surface area contributed by atoms with Gasteiger partial charge >= 0.3 is 5.56 Å². The zero-order valence-corrected chi connectivity index (χ0v) is 18.1. The second-order valence-corrected chi connectivity index (χ2v) is 7.97. The SMILES string of the molecule is Cc1cc(C)cc(-n2ccn3c(CCC(=O)NCc4ccc(Cl)cc4)nnc3c2=O)c1. The maximum Gasteiger partial charge on any atom is 0.300 e. The third-order valence-corrected chi connectivity index (χ3v) is 5.26. The number of nitrogens with zero attached hydrogens (tertiary/aromatic N) is 4. The Morgan fingerprint density at radius 1 is 1.03 bits per heavy atom. The standard InChI is InChI=1S/C23H22ClN5O2/c1-15-11-16(2)13-19(12-15)28-9-10-29-20(26-27-22(29)23(28)31)7-8-21(30)25-14-17-3-5-18(24)6-4-17/h3-6,9-13H,7-8,14H2,1-2H3,(H,25,30). The lowest BCUT2D eigenvalue weighted by Crippen LogP contribution is -2.23. The molecule has 4 aromatic rings. The van der Waals surface area contributed by atoms with E-state index >= 15 is 0 Å². The number of rotatable bonds is 6. The van der Waals surface area contributed by atoms with Gasteiger partial charge in [0.1, 0.15) is 5.82 Å². The smallest absolute Gasteiger partial charge is 0.300 e. The van der Waals surface area contributed by atoms with Crippen LogP contribution in [0.3, 0.4) is 0 Å². The summed E-state index contributed by atoms with van der Waals surface area (Å²) in [6.45, 7) is 4.41. The topological polar surface area (TPSA) is 81.3 Å². The van der Waals surface area contributed by atoms with Crippen LogP contribution < -0.4 is 10.9 Å². The lowest BCUT2D eigenvalue weighted by Gasteiger charge is -2.09. The maximum atomic E-state index is 12.9. The average Bonchev–Trinajstić information content (AvgIpc) is 3.15. The summed E-state index contributed by atoms with van der Waals surface area (Å²) in [5.74, 6) is 0.469. The van der Waals surface area contributed by atoms with Crippen LogP contribution in [-0.4, -0.2) is 25.1 Å². The number of amides is 1. The number of fused-ring (bicyclic) bond motifs is 1. The number of benzene rings is 2. The fraction of sp³-hybridized carbons (Fsp3) is 0.217. The van der Waals surface area contributed by atoms with Gasteiger partial charge in [-0.05, 0) is 54.8 Å².